The molecule has 1 aliphatic carbocycles. The van der Waals surface area contributed by atoms with Crippen LogP contribution >= 0.6 is 0 Å². The standard InChI is InChI=1S/C21H35N7O/c1-17-20-18(26(3)24-17)15-23-28(20)10-7-19(29)22-16-21(8-5-4-6-9-21)27-13-11-25(2)12-14-27/h15H,4-14,16H2,1-3H3,(H,22,29). The molecule has 2 fully saturated rings. The Morgan fingerprint density at radius 1 is 1.14 bits per heavy atom. The smallest absolute Gasteiger partial charge is 0.221 e. The van der Waals surface area contributed by atoms with Gasteiger partial charge >= 0.3 is 0 Å². The second-order valence-electron chi connectivity index (χ2n) is 8.91. The first-order valence-corrected chi connectivity index (χ1v) is 11.0. The molecule has 8 heteroatoms. The molecule has 8 nitrogen and oxygen atoms in total. The first kappa shape index (κ1) is 20.3. The quantitative estimate of drug-likeness (QED) is 0.795. The first-order chi connectivity index (χ1) is 14.0. The maximum atomic E-state index is 12.7. The van der Waals surface area contributed by atoms with Crippen LogP contribution in [0.25, 0.3) is 11.0 Å². The van der Waals surface area contributed by atoms with Crippen LogP contribution in [0.5, 0.6) is 0 Å². The van der Waals surface area contributed by atoms with Gasteiger partial charge in [0.1, 0.15) is 11.0 Å². The van der Waals surface area contributed by atoms with Crippen molar-refractivity contribution in [3.05, 3.63) is 11.9 Å². The molecule has 0 radical (unpaired) electrons. The van der Waals surface area contributed by atoms with Gasteiger partial charge in [-0.3, -0.25) is 19.1 Å². The Kier molecular flexibility index (Phi) is 5.92. The number of rotatable bonds is 6. The van der Waals surface area contributed by atoms with Crippen LogP contribution in [-0.4, -0.2) is 80.6 Å². The van der Waals surface area contributed by atoms with Gasteiger partial charge < -0.3 is 10.2 Å². The van der Waals surface area contributed by atoms with E-state index in [2.05, 4.69) is 32.4 Å². The van der Waals surface area contributed by atoms with E-state index in [4.69, 9.17) is 0 Å². The predicted molar refractivity (Wildman–Crippen MR) is 114 cm³/mol. The number of nitrogens with zero attached hydrogens (tertiary/aromatic N) is 6. The van der Waals surface area contributed by atoms with Gasteiger partial charge in [0, 0.05) is 51.7 Å². The van der Waals surface area contributed by atoms with Gasteiger partial charge in [0.05, 0.1) is 18.4 Å². The molecule has 2 aromatic heterocycles. The van der Waals surface area contributed by atoms with Gasteiger partial charge in [0.25, 0.3) is 0 Å². The van der Waals surface area contributed by atoms with Crippen molar-refractivity contribution >= 4 is 16.9 Å². The van der Waals surface area contributed by atoms with E-state index in [1.807, 2.05) is 29.5 Å². The maximum absolute atomic E-state index is 12.7. The molecule has 0 bridgehead atoms. The van der Waals surface area contributed by atoms with Crippen LogP contribution in [0.3, 0.4) is 0 Å². The minimum Gasteiger partial charge on any atom is -0.354 e. The average Bonchev–Trinajstić information content (AvgIpc) is 3.27. The van der Waals surface area contributed by atoms with Crippen LogP contribution in [-0.2, 0) is 18.4 Å². The zero-order valence-electron chi connectivity index (χ0n) is 18.2. The highest BCUT2D eigenvalue weighted by molar-refractivity contribution is 5.78. The Hall–Kier alpha value is -1.93. The number of piperazine rings is 1. The molecule has 0 atom stereocenters. The van der Waals surface area contributed by atoms with E-state index in [-0.39, 0.29) is 11.4 Å². The minimum atomic E-state index is 0.120. The van der Waals surface area contributed by atoms with Crippen molar-refractivity contribution in [1.82, 2.24) is 34.7 Å². The third-order valence-electron chi connectivity index (χ3n) is 6.94. The van der Waals surface area contributed by atoms with Crippen molar-refractivity contribution in [3.8, 4) is 0 Å². The second kappa shape index (κ2) is 8.44. The molecule has 29 heavy (non-hydrogen) atoms. The van der Waals surface area contributed by atoms with Gasteiger partial charge in [-0.2, -0.15) is 10.2 Å². The molecule has 2 aromatic rings. The molecule has 1 saturated heterocycles. The zero-order valence-corrected chi connectivity index (χ0v) is 18.2. The van der Waals surface area contributed by atoms with Crippen molar-refractivity contribution in [3.63, 3.8) is 0 Å². The summed E-state index contributed by atoms with van der Waals surface area (Å²) in [5.41, 5.74) is 3.14. The zero-order chi connectivity index (χ0) is 20.4. The van der Waals surface area contributed by atoms with Crippen LogP contribution in [0, 0.1) is 6.92 Å². The van der Waals surface area contributed by atoms with Crippen LogP contribution in [0.2, 0.25) is 0 Å². The fraction of sp³-hybridized carbons (Fsp3) is 0.762. The number of likely N-dealkylation sites (N-methyl/N-ethyl adjacent to an activating group) is 1. The Morgan fingerprint density at radius 3 is 2.59 bits per heavy atom. The molecule has 1 aliphatic heterocycles. The van der Waals surface area contributed by atoms with E-state index in [9.17, 15) is 4.79 Å². The van der Waals surface area contributed by atoms with Gasteiger partial charge in [-0.05, 0) is 26.8 Å². The summed E-state index contributed by atoms with van der Waals surface area (Å²) in [7, 11) is 4.12. The summed E-state index contributed by atoms with van der Waals surface area (Å²) in [6.45, 7) is 7.81. The number of carbonyl (C=O) groups is 1. The third kappa shape index (κ3) is 4.19. The molecule has 4 rings (SSSR count). The summed E-state index contributed by atoms with van der Waals surface area (Å²) in [4.78, 5) is 17.7. The second-order valence-corrected chi connectivity index (χ2v) is 8.91. The van der Waals surface area contributed by atoms with Crippen LogP contribution < -0.4 is 5.32 Å². The molecular weight excluding hydrogens is 366 g/mol. The molecule has 0 spiro atoms. The van der Waals surface area contributed by atoms with Crippen molar-refractivity contribution in [2.45, 2.75) is 57.5 Å². The largest absolute Gasteiger partial charge is 0.354 e. The van der Waals surface area contributed by atoms with E-state index in [0.717, 1.165) is 49.5 Å². The van der Waals surface area contributed by atoms with Crippen molar-refractivity contribution < 1.29 is 4.79 Å². The molecule has 1 N–H and O–H groups in total. The summed E-state index contributed by atoms with van der Waals surface area (Å²) in [5, 5.41) is 12.2. The highest BCUT2D eigenvalue weighted by atomic mass is 16.1. The topological polar surface area (TPSA) is 71.2 Å². The number of hydrogen-bond acceptors (Lipinski definition) is 5. The molecule has 2 aliphatic rings. The lowest BCUT2D eigenvalue weighted by Gasteiger charge is -2.49. The molecule has 0 unspecified atom stereocenters. The summed E-state index contributed by atoms with van der Waals surface area (Å²) >= 11 is 0. The number of nitrogens with one attached hydrogen (secondary N) is 1. The monoisotopic (exact) mass is 401 g/mol. The number of aromatic nitrogens is 4. The Labute approximate surface area is 173 Å². The highest BCUT2D eigenvalue weighted by Crippen LogP contribution is 2.34. The Balaban J connectivity index is 1.35. The van der Waals surface area contributed by atoms with E-state index < -0.39 is 0 Å². The highest BCUT2D eigenvalue weighted by Gasteiger charge is 2.39. The lowest BCUT2D eigenvalue weighted by Crippen LogP contribution is -2.61. The number of carbonyl (C=O) groups excluding carboxylic acids is 1. The lowest BCUT2D eigenvalue weighted by molar-refractivity contribution is -0.122. The summed E-state index contributed by atoms with van der Waals surface area (Å²) in [5.74, 6) is 0.120. The van der Waals surface area contributed by atoms with Gasteiger partial charge in [-0.25, -0.2) is 0 Å². The summed E-state index contributed by atoms with van der Waals surface area (Å²) in [6, 6.07) is 0. The number of amides is 1. The normalized spacial score (nSPS) is 20.9. The molecule has 0 aromatic carbocycles. The first-order valence-electron chi connectivity index (χ1n) is 11.0. The van der Waals surface area contributed by atoms with Crippen LogP contribution in [0.4, 0.5) is 0 Å². The average molecular weight is 402 g/mol. The molecular formula is C21H35N7O. The fourth-order valence-electron chi connectivity index (χ4n) is 5.13. The van der Waals surface area contributed by atoms with E-state index in [0.29, 0.717) is 13.0 Å². The van der Waals surface area contributed by atoms with Gasteiger partial charge in [-0.15, -0.1) is 0 Å². The SMILES string of the molecule is Cc1nn(C)c2cnn(CCC(=O)NCC3(N4CCN(C)CC4)CCCCC3)c12. The van der Waals surface area contributed by atoms with Crippen molar-refractivity contribution in [2.75, 3.05) is 39.8 Å². The van der Waals surface area contributed by atoms with Crippen molar-refractivity contribution in [1.29, 1.82) is 0 Å². The third-order valence-corrected chi connectivity index (χ3v) is 6.94. The van der Waals surface area contributed by atoms with Crippen LogP contribution in [0.1, 0.15) is 44.2 Å². The molecule has 1 amide bonds. The summed E-state index contributed by atoms with van der Waals surface area (Å²) in [6.07, 6.45) is 8.55. The minimum absolute atomic E-state index is 0.120. The Bertz CT molecular complexity index is 841. The van der Waals surface area contributed by atoms with Gasteiger partial charge in [-0.1, -0.05) is 19.3 Å². The van der Waals surface area contributed by atoms with Crippen LogP contribution in [0.15, 0.2) is 6.20 Å². The van der Waals surface area contributed by atoms with E-state index >= 15 is 0 Å². The fourth-order valence-corrected chi connectivity index (χ4v) is 5.13. The summed E-state index contributed by atoms with van der Waals surface area (Å²) < 4.78 is 3.76. The lowest BCUT2D eigenvalue weighted by atomic mass is 9.79. The number of fused-ring (bicyclic) bond motifs is 1. The van der Waals surface area contributed by atoms with Gasteiger partial charge in [0.2, 0.25) is 5.91 Å². The van der Waals surface area contributed by atoms with E-state index in [1.165, 1.54) is 32.1 Å². The maximum Gasteiger partial charge on any atom is 0.221 e. The predicted octanol–water partition coefficient (Wildman–Crippen LogP) is 1.53. The molecule has 160 valence electrons. The number of hydrogen-bond donors (Lipinski definition) is 1. The van der Waals surface area contributed by atoms with Gasteiger partial charge in [0.15, 0.2) is 0 Å². The van der Waals surface area contributed by atoms with Crippen molar-refractivity contribution in [2.24, 2.45) is 7.05 Å². The number of aryl methyl sites for hydroxylation is 3. The Morgan fingerprint density at radius 2 is 1.86 bits per heavy atom. The molecule has 1 saturated carbocycles. The van der Waals surface area contributed by atoms with E-state index in [1.54, 1.807) is 0 Å². The molecule has 3 heterocycles.